The van der Waals surface area contributed by atoms with Crippen molar-refractivity contribution < 1.29 is 0 Å². The van der Waals surface area contributed by atoms with Gasteiger partial charge in [0.1, 0.15) is 0 Å². The Bertz CT molecular complexity index is 353. The van der Waals surface area contributed by atoms with Crippen LogP contribution in [0.3, 0.4) is 0 Å². The monoisotopic (exact) mass is 241 g/mol. The Labute approximate surface area is 100 Å². The van der Waals surface area contributed by atoms with Crippen LogP contribution in [0.2, 0.25) is 5.28 Å². The van der Waals surface area contributed by atoms with Gasteiger partial charge in [-0.15, -0.1) is 0 Å². The molecule has 2 N–H and O–H groups in total. The lowest BCUT2D eigenvalue weighted by molar-refractivity contribution is 0.755. The maximum atomic E-state index is 5.80. The van der Waals surface area contributed by atoms with Crippen LogP contribution in [0, 0.1) is 5.92 Å². The van der Waals surface area contributed by atoms with Crippen molar-refractivity contribution in [1.29, 1.82) is 0 Å². The first-order chi connectivity index (χ1) is 7.78. The van der Waals surface area contributed by atoms with Crippen LogP contribution < -0.4 is 10.6 Å². The van der Waals surface area contributed by atoms with E-state index in [0.717, 1.165) is 19.0 Å². The molecule has 0 atom stereocenters. The Kier molecular flexibility index (Phi) is 3.77. The summed E-state index contributed by atoms with van der Waals surface area (Å²) in [5.74, 6) is 1.98. The molecule has 0 aromatic carbocycles. The smallest absolute Gasteiger partial charge is 0.228 e. The molecule has 2 rings (SSSR count). The largest absolute Gasteiger partial charge is 0.354 e. The second-order valence-corrected chi connectivity index (χ2v) is 4.28. The highest BCUT2D eigenvalue weighted by molar-refractivity contribution is 6.28. The summed E-state index contributed by atoms with van der Waals surface area (Å²) in [4.78, 5) is 12.2. The van der Waals surface area contributed by atoms with E-state index in [4.69, 9.17) is 11.6 Å². The average Bonchev–Trinajstić information content (AvgIpc) is 3.01. The topological polar surface area (TPSA) is 62.7 Å². The lowest BCUT2D eigenvalue weighted by Crippen LogP contribution is -2.10. The minimum Gasteiger partial charge on any atom is -0.354 e. The van der Waals surface area contributed by atoms with Crippen molar-refractivity contribution in [2.75, 3.05) is 23.7 Å². The van der Waals surface area contributed by atoms with Gasteiger partial charge in [0.25, 0.3) is 0 Å². The quantitative estimate of drug-likeness (QED) is 0.799. The van der Waals surface area contributed by atoms with Gasteiger partial charge in [0.05, 0.1) is 0 Å². The van der Waals surface area contributed by atoms with E-state index in [1.165, 1.54) is 19.3 Å². The van der Waals surface area contributed by atoms with Crippen molar-refractivity contribution in [2.45, 2.75) is 26.2 Å². The number of hydrogen-bond donors (Lipinski definition) is 2. The van der Waals surface area contributed by atoms with Gasteiger partial charge in [0.15, 0.2) is 0 Å². The summed E-state index contributed by atoms with van der Waals surface area (Å²) in [6.07, 6.45) is 3.91. The second kappa shape index (κ2) is 5.30. The van der Waals surface area contributed by atoms with Crippen LogP contribution in [0.25, 0.3) is 0 Å². The van der Waals surface area contributed by atoms with Gasteiger partial charge in [-0.1, -0.05) is 12.8 Å². The third kappa shape index (κ3) is 3.48. The maximum absolute atomic E-state index is 5.80. The minimum atomic E-state index is 0.222. The van der Waals surface area contributed by atoms with Crippen molar-refractivity contribution in [2.24, 2.45) is 5.92 Å². The molecule has 6 heteroatoms. The molecule has 16 heavy (non-hydrogen) atoms. The number of aromatic nitrogens is 3. The fourth-order valence-electron chi connectivity index (χ4n) is 1.46. The molecule has 1 saturated carbocycles. The van der Waals surface area contributed by atoms with E-state index in [1.807, 2.05) is 6.92 Å². The summed E-state index contributed by atoms with van der Waals surface area (Å²) in [6.45, 7) is 3.65. The van der Waals surface area contributed by atoms with Gasteiger partial charge in [0.2, 0.25) is 17.2 Å². The van der Waals surface area contributed by atoms with E-state index in [1.54, 1.807) is 0 Å². The Morgan fingerprint density at radius 1 is 1.19 bits per heavy atom. The highest BCUT2D eigenvalue weighted by atomic mass is 35.5. The molecule has 0 aliphatic heterocycles. The third-order valence-corrected chi connectivity index (χ3v) is 2.64. The van der Waals surface area contributed by atoms with Crippen LogP contribution in [-0.4, -0.2) is 28.0 Å². The highest BCUT2D eigenvalue weighted by Crippen LogP contribution is 2.31. The molecule has 1 aliphatic carbocycles. The number of hydrogen-bond acceptors (Lipinski definition) is 5. The molecule has 1 aromatic heterocycles. The van der Waals surface area contributed by atoms with Crippen molar-refractivity contribution in [3.05, 3.63) is 5.28 Å². The molecule has 1 aromatic rings. The fraction of sp³-hybridized carbons (Fsp3) is 0.700. The zero-order valence-electron chi connectivity index (χ0n) is 9.33. The molecule has 0 saturated heterocycles. The van der Waals surface area contributed by atoms with Gasteiger partial charge >= 0.3 is 0 Å². The van der Waals surface area contributed by atoms with Crippen molar-refractivity contribution >= 4 is 23.5 Å². The van der Waals surface area contributed by atoms with Gasteiger partial charge in [-0.3, -0.25) is 0 Å². The van der Waals surface area contributed by atoms with Crippen LogP contribution in [0.4, 0.5) is 11.9 Å². The summed E-state index contributed by atoms with van der Waals surface area (Å²) in [5.41, 5.74) is 0. The average molecular weight is 242 g/mol. The first-order valence-corrected chi connectivity index (χ1v) is 6.05. The summed E-state index contributed by atoms with van der Waals surface area (Å²) < 4.78 is 0. The normalized spacial score (nSPS) is 14.9. The molecule has 0 unspecified atom stereocenters. The first kappa shape index (κ1) is 11.4. The summed E-state index contributed by atoms with van der Waals surface area (Å²) in [7, 11) is 0. The van der Waals surface area contributed by atoms with Crippen LogP contribution >= 0.6 is 11.6 Å². The molecule has 0 spiro atoms. The van der Waals surface area contributed by atoms with Gasteiger partial charge in [0, 0.05) is 13.1 Å². The van der Waals surface area contributed by atoms with E-state index in [0.29, 0.717) is 11.9 Å². The first-order valence-electron chi connectivity index (χ1n) is 5.67. The number of rotatable bonds is 6. The van der Waals surface area contributed by atoms with Crippen LogP contribution in [0.15, 0.2) is 0 Å². The van der Waals surface area contributed by atoms with Crippen molar-refractivity contribution in [1.82, 2.24) is 15.0 Å². The van der Waals surface area contributed by atoms with E-state index >= 15 is 0 Å². The number of nitrogens with one attached hydrogen (secondary N) is 2. The van der Waals surface area contributed by atoms with E-state index < -0.39 is 0 Å². The predicted molar refractivity (Wildman–Crippen MR) is 64.8 cm³/mol. The predicted octanol–water partition coefficient (Wildman–Crippen LogP) is 2.17. The molecular weight excluding hydrogens is 226 g/mol. The van der Waals surface area contributed by atoms with Crippen LogP contribution in [0.1, 0.15) is 26.2 Å². The van der Waals surface area contributed by atoms with E-state index in [-0.39, 0.29) is 5.28 Å². The molecule has 0 amide bonds. The fourth-order valence-corrected chi connectivity index (χ4v) is 1.62. The molecule has 0 bridgehead atoms. The number of nitrogens with zero attached hydrogens (tertiary/aromatic N) is 3. The Balaban J connectivity index is 1.90. The molecule has 5 nitrogen and oxygen atoms in total. The summed E-state index contributed by atoms with van der Waals surface area (Å²) in [5, 5.41) is 6.40. The lowest BCUT2D eigenvalue weighted by Gasteiger charge is -2.06. The van der Waals surface area contributed by atoms with Gasteiger partial charge < -0.3 is 10.6 Å². The molecule has 0 radical (unpaired) electrons. The molecule has 88 valence electrons. The summed E-state index contributed by atoms with van der Waals surface area (Å²) in [6, 6.07) is 0. The minimum absolute atomic E-state index is 0.222. The molecule has 1 fully saturated rings. The Morgan fingerprint density at radius 2 is 1.88 bits per heavy atom. The zero-order chi connectivity index (χ0) is 11.4. The highest BCUT2D eigenvalue weighted by Gasteiger charge is 2.20. The van der Waals surface area contributed by atoms with Crippen LogP contribution in [0.5, 0.6) is 0 Å². The molecule has 1 heterocycles. The lowest BCUT2D eigenvalue weighted by atomic mass is 10.3. The van der Waals surface area contributed by atoms with Crippen molar-refractivity contribution in [3.63, 3.8) is 0 Å². The number of anilines is 2. The van der Waals surface area contributed by atoms with Crippen molar-refractivity contribution in [3.8, 4) is 0 Å². The van der Waals surface area contributed by atoms with Gasteiger partial charge in [-0.25, -0.2) is 0 Å². The zero-order valence-corrected chi connectivity index (χ0v) is 10.1. The summed E-state index contributed by atoms with van der Waals surface area (Å²) >= 11 is 5.80. The molecule has 1 aliphatic rings. The van der Waals surface area contributed by atoms with E-state index in [2.05, 4.69) is 25.6 Å². The Hall–Kier alpha value is -1.10. The Morgan fingerprint density at radius 3 is 2.50 bits per heavy atom. The number of halogens is 1. The van der Waals surface area contributed by atoms with Gasteiger partial charge in [-0.2, -0.15) is 15.0 Å². The van der Waals surface area contributed by atoms with E-state index in [9.17, 15) is 0 Å². The van der Waals surface area contributed by atoms with Gasteiger partial charge in [-0.05, 0) is 30.9 Å². The third-order valence-electron chi connectivity index (χ3n) is 2.48. The maximum Gasteiger partial charge on any atom is 0.228 e. The SMILES string of the molecule is CCNc1nc(Cl)nc(NCCC2CC2)n1. The standard InChI is InChI=1S/C10H16ClN5/c1-2-12-9-14-8(11)15-10(16-9)13-6-5-7-3-4-7/h7H,2-6H2,1H3,(H2,12,13,14,15,16). The second-order valence-electron chi connectivity index (χ2n) is 3.94. The van der Waals surface area contributed by atoms with Crippen LogP contribution in [-0.2, 0) is 0 Å². The molecular formula is C10H16ClN5.